The maximum atomic E-state index is 10.3. The summed E-state index contributed by atoms with van der Waals surface area (Å²) in [4.78, 5) is 10.9. The molecule has 9 aromatic rings. The van der Waals surface area contributed by atoms with Crippen LogP contribution in [0.4, 0.5) is 0 Å². The van der Waals surface area contributed by atoms with Gasteiger partial charge in [-0.05, 0) is 115 Å². The first-order valence-electron chi connectivity index (χ1n) is 21.1. The molecule has 60 heavy (non-hydrogen) atoms. The third kappa shape index (κ3) is 5.25. The molecule has 0 saturated carbocycles. The summed E-state index contributed by atoms with van der Waals surface area (Å²) in [7, 11) is 0. The summed E-state index contributed by atoms with van der Waals surface area (Å²) in [6.07, 6.45) is 13.3. The zero-order valence-corrected chi connectivity index (χ0v) is 33.7. The second-order valence-electron chi connectivity index (χ2n) is 17.0. The fraction of sp³-hybridized carbons (Fsp3) is 0.127. The van der Waals surface area contributed by atoms with E-state index in [1.165, 1.54) is 55.2 Å². The highest BCUT2D eigenvalue weighted by Crippen LogP contribution is 2.51. The van der Waals surface area contributed by atoms with Crippen LogP contribution in [0.5, 0.6) is 5.75 Å². The predicted molar refractivity (Wildman–Crippen MR) is 247 cm³/mol. The average molecular weight is 775 g/mol. The number of aromatic nitrogens is 4. The molecule has 0 atom stereocenters. The number of benzene rings is 6. The maximum Gasteiger partial charge on any atom is 0.160 e. The summed E-state index contributed by atoms with van der Waals surface area (Å²) in [5, 5.41) is 14.0. The Hall–Kier alpha value is -7.24. The average Bonchev–Trinajstić information content (AvgIpc) is 3.89. The Bertz CT molecular complexity index is 3300. The Morgan fingerprint density at radius 1 is 0.550 bits per heavy atom. The molecular weight excluding hydrogens is 733 g/mol. The summed E-state index contributed by atoms with van der Waals surface area (Å²) in [5.41, 5.74) is 18.3. The lowest BCUT2D eigenvalue weighted by molar-refractivity contribution is 0.475. The summed E-state index contributed by atoms with van der Waals surface area (Å²) in [6.45, 7) is 4.73. The maximum absolute atomic E-state index is 10.3. The van der Waals surface area contributed by atoms with E-state index in [4.69, 9.17) is 9.97 Å². The second-order valence-corrected chi connectivity index (χ2v) is 17.0. The first-order chi connectivity index (χ1) is 29.4. The van der Waals surface area contributed by atoms with Crippen molar-refractivity contribution in [1.29, 1.82) is 0 Å². The summed E-state index contributed by atoms with van der Waals surface area (Å²) in [6, 6.07) is 49.3. The molecule has 6 aromatic carbocycles. The van der Waals surface area contributed by atoms with Gasteiger partial charge < -0.3 is 14.2 Å². The molecule has 0 radical (unpaired) electrons. The van der Waals surface area contributed by atoms with E-state index < -0.39 is 0 Å². The smallest absolute Gasteiger partial charge is 0.160 e. The molecule has 3 aliphatic rings. The molecule has 0 unspecified atom stereocenters. The predicted octanol–water partition coefficient (Wildman–Crippen LogP) is 13.6. The fourth-order valence-corrected chi connectivity index (χ4v) is 10.3. The molecule has 1 N–H and O–H groups in total. The van der Waals surface area contributed by atoms with E-state index in [0.29, 0.717) is 5.82 Å². The molecule has 0 saturated heterocycles. The van der Waals surface area contributed by atoms with Gasteiger partial charge >= 0.3 is 0 Å². The van der Waals surface area contributed by atoms with Crippen molar-refractivity contribution in [3.8, 4) is 51.0 Å². The van der Waals surface area contributed by atoms with Gasteiger partial charge in [0.2, 0.25) is 0 Å². The van der Waals surface area contributed by atoms with Crippen LogP contribution in [0.3, 0.4) is 0 Å². The zero-order chi connectivity index (χ0) is 40.1. The fourth-order valence-electron chi connectivity index (χ4n) is 10.3. The van der Waals surface area contributed by atoms with Crippen LogP contribution < -0.4 is 0 Å². The van der Waals surface area contributed by atoms with E-state index in [1.807, 2.05) is 12.1 Å². The number of phenols is 1. The van der Waals surface area contributed by atoms with Crippen molar-refractivity contribution in [1.82, 2.24) is 19.1 Å². The first kappa shape index (κ1) is 34.8. The van der Waals surface area contributed by atoms with Crippen LogP contribution in [-0.4, -0.2) is 24.2 Å². The van der Waals surface area contributed by atoms with Gasteiger partial charge in [0.1, 0.15) is 5.75 Å². The Balaban J connectivity index is 1.13. The molecule has 0 fully saturated rings. The van der Waals surface area contributed by atoms with Crippen LogP contribution in [0.1, 0.15) is 55.5 Å². The van der Waals surface area contributed by atoms with E-state index >= 15 is 0 Å². The van der Waals surface area contributed by atoms with Gasteiger partial charge in [0.05, 0.1) is 27.9 Å². The molecule has 12 rings (SSSR count). The number of hydrogen-bond donors (Lipinski definition) is 1. The largest absolute Gasteiger partial charge is 0.508 e. The minimum Gasteiger partial charge on any atom is -0.508 e. The Morgan fingerprint density at radius 3 is 1.88 bits per heavy atom. The van der Waals surface area contributed by atoms with Crippen molar-refractivity contribution in [3.63, 3.8) is 0 Å². The molecule has 3 aliphatic carbocycles. The number of nitrogens with zero attached hydrogens (tertiary/aromatic N) is 4. The quantitative estimate of drug-likeness (QED) is 0.189. The van der Waals surface area contributed by atoms with Gasteiger partial charge in [-0.25, -0.2) is 9.97 Å². The monoisotopic (exact) mass is 774 g/mol. The van der Waals surface area contributed by atoms with Gasteiger partial charge in [0.15, 0.2) is 5.82 Å². The molecule has 0 amide bonds. The highest BCUT2D eigenvalue weighted by Gasteiger charge is 2.37. The van der Waals surface area contributed by atoms with Crippen molar-refractivity contribution in [2.45, 2.75) is 44.9 Å². The van der Waals surface area contributed by atoms with E-state index in [-0.39, 0.29) is 11.2 Å². The normalized spacial score (nSPS) is 15.2. The van der Waals surface area contributed by atoms with E-state index in [9.17, 15) is 5.11 Å². The topological polar surface area (TPSA) is 55.9 Å². The number of fused-ring (bicyclic) bond motifs is 8. The van der Waals surface area contributed by atoms with Gasteiger partial charge in [0.25, 0.3) is 0 Å². The van der Waals surface area contributed by atoms with Crippen LogP contribution >= 0.6 is 0 Å². The number of para-hydroxylation sites is 3. The number of hydrogen-bond acceptors (Lipinski definition) is 3. The molecule has 3 heterocycles. The molecular formula is C55H42N4O. The Kier molecular flexibility index (Phi) is 7.61. The summed E-state index contributed by atoms with van der Waals surface area (Å²) >= 11 is 0. The van der Waals surface area contributed by atoms with Crippen LogP contribution in [-0.2, 0) is 11.8 Å². The standard InChI is InChI=1S/C55H42N4O/c1-55(2)46-18-8-3-13-40(46)41-28-25-35(31-47(41)55)49-33-48(34-23-26-39(60)27-24-34)56-54(57-49)36-29-37(58-50-19-9-4-14-42(50)43-15-5-10-20-51(43)58)32-38(30-36)59-52-21-11-6-16-44(52)45-17-7-12-22-53(45)59/h3-7,9-11,13-17,19-21,23-33,60H,8,12,18,22H2,1-2H3. The van der Waals surface area contributed by atoms with Gasteiger partial charge in [-0.15, -0.1) is 0 Å². The van der Waals surface area contributed by atoms with Crippen LogP contribution in [0.25, 0.3) is 89.6 Å². The van der Waals surface area contributed by atoms with Crippen molar-refractivity contribution < 1.29 is 5.11 Å². The highest BCUT2D eigenvalue weighted by molar-refractivity contribution is 6.09. The second kappa shape index (κ2) is 13.1. The van der Waals surface area contributed by atoms with Gasteiger partial charge in [-0.3, -0.25) is 0 Å². The number of rotatable bonds is 5. The number of aromatic hydroxyl groups is 1. The number of allylic oxidation sites excluding steroid dienone is 5. The highest BCUT2D eigenvalue weighted by atomic mass is 16.3. The summed E-state index contributed by atoms with van der Waals surface area (Å²) in [5.74, 6) is 0.866. The van der Waals surface area contributed by atoms with Crippen molar-refractivity contribution in [2.24, 2.45) is 0 Å². The zero-order valence-electron chi connectivity index (χ0n) is 33.7. The minimum atomic E-state index is -0.0690. The molecule has 288 valence electrons. The van der Waals surface area contributed by atoms with Gasteiger partial charge in [0, 0.05) is 60.9 Å². The van der Waals surface area contributed by atoms with Crippen molar-refractivity contribution >= 4 is 44.4 Å². The lowest BCUT2D eigenvalue weighted by Gasteiger charge is -2.26. The molecule has 5 nitrogen and oxygen atoms in total. The molecule has 0 aliphatic heterocycles. The van der Waals surface area contributed by atoms with Crippen LogP contribution in [0.2, 0.25) is 0 Å². The van der Waals surface area contributed by atoms with E-state index in [2.05, 4.69) is 163 Å². The van der Waals surface area contributed by atoms with Crippen LogP contribution in [0.15, 0.2) is 163 Å². The summed E-state index contributed by atoms with van der Waals surface area (Å²) < 4.78 is 4.86. The molecule has 5 heteroatoms. The van der Waals surface area contributed by atoms with E-state index in [1.54, 1.807) is 12.1 Å². The van der Waals surface area contributed by atoms with Gasteiger partial charge in [-0.1, -0.05) is 110 Å². The SMILES string of the molecule is CC1(C)C2=C(C=CCC2)c2ccc(-c3cc(-c4ccc(O)cc4)nc(-c4cc(-n5c6c(c7ccccc75)C=CCC6)cc(-n5c6ccccc6c6ccccc65)c4)n3)cc21. The van der Waals surface area contributed by atoms with Crippen molar-refractivity contribution in [3.05, 3.63) is 186 Å². The number of phenolic OH excluding ortho intramolecular Hbond substituents is 1. The first-order valence-corrected chi connectivity index (χ1v) is 21.1. The lowest BCUT2D eigenvalue weighted by Crippen LogP contribution is -2.17. The molecule has 0 bridgehead atoms. The third-order valence-electron chi connectivity index (χ3n) is 13.2. The molecule has 3 aromatic heterocycles. The third-order valence-corrected chi connectivity index (χ3v) is 13.2. The van der Waals surface area contributed by atoms with Gasteiger partial charge in [-0.2, -0.15) is 0 Å². The van der Waals surface area contributed by atoms with Crippen LogP contribution in [0, 0.1) is 0 Å². The van der Waals surface area contributed by atoms with Crippen molar-refractivity contribution in [2.75, 3.05) is 0 Å². The minimum absolute atomic E-state index is 0.0690. The van der Waals surface area contributed by atoms with E-state index in [0.717, 1.165) is 76.2 Å². The molecule has 0 spiro atoms. The lowest BCUT2D eigenvalue weighted by atomic mass is 9.78. The Labute approximate surface area is 348 Å². The Morgan fingerprint density at radius 2 is 1.15 bits per heavy atom.